The number of rotatable bonds is 5. The second-order valence-electron chi connectivity index (χ2n) is 5.99. The van der Waals surface area contributed by atoms with Crippen LogP contribution in [-0.2, 0) is 24.7 Å². The zero-order valence-electron chi connectivity index (χ0n) is 13.0. The Morgan fingerprint density at radius 2 is 1.67 bits per heavy atom. The summed E-state index contributed by atoms with van der Waals surface area (Å²) in [4.78, 5) is 23.7. The standard InChI is InChI=1S/C17H22O4/c1-6-14(18)21-17(5,13-10-8-7-9-11-13)12-15(19)20-16(2,3)4/h6-11H,1,12H2,2-5H3. The average molecular weight is 290 g/mol. The Hall–Kier alpha value is -2.10. The summed E-state index contributed by atoms with van der Waals surface area (Å²) < 4.78 is 10.7. The number of ether oxygens (including phenoxy) is 2. The predicted molar refractivity (Wildman–Crippen MR) is 80.5 cm³/mol. The lowest BCUT2D eigenvalue weighted by Gasteiger charge is -2.30. The molecule has 114 valence electrons. The van der Waals surface area contributed by atoms with E-state index in [1.165, 1.54) is 0 Å². The third kappa shape index (κ3) is 5.42. The molecule has 1 aromatic carbocycles. The van der Waals surface area contributed by atoms with Crippen molar-refractivity contribution in [1.29, 1.82) is 0 Å². The third-order valence-electron chi connectivity index (χ3n) is 2.78. The van der Waals surface area contributed by atoms with E-state index in [0.717, 1.165) is 11.6 Å². The van der Waals surface area contributed by atoms with E-state index in [-0.39, 0.29) is 6.42 Å². The molecule has 0 aliphatic heterocycles. The Morgan fingerprint density at radius 3 is 2.14 bits per heavy atom. The van der Waals surface area contributed by atoms with E-state index in [0.29, 0.717) is 0 Å². The summed E-state index contributed by atoms with van der Waals surface area (Å²) in [7, 11) is 0. The van der Waals surface area contributed by atoms with Crippen LogP contribution in [0.25, 0.3) is 0 Å². The number of hydrogen-bond donors (Lipinski definition) is 0. The van der Waals surface area contributed by atoms with Gasteiger partial charge in [-0.3, -0.25) is 4.79 Å². The van der Waals surface area contributed by atoms with Gasteiger partial charge in [-0.25, -0.2) is 4.79 Å². The number of esters is 2. The van der Waals surface area contributed by atoms with Gasteiger partial charge in [-0.15, -0.1) is 0 Å². The van der Waals surface area contributed by atoms with Crippen molar-refractivity contribution in [2.75, 3.05) is 0 Å². The van der Waals surface area contributed by atoms with Crippen molar-refractivity contribution in [1.82, 2.24) is 0 Å². The smallest absolute Gasteiger partial charge is 0.331 e. The Labute approximate surface area is 125 Å². The number of carbonyl (C=O) groups excluding carboxylic acids is 2. The van der Waals surface area contributed by atoms with E-state index in [1.54, 1.807) is 39.8 Å². The van der Waals surface area contributed by atoms with Crippen LogP contribution in [0.5, 0.6) is 0 Å². The highest BCUT2D eigenvalue weighted by atomic mass is 16.6. The van der Waals surface area contributed by atoms with Crippen molar-refractivity contribution in [3.05, 3.63) is 48.6 Å². The van der Waals surface area contributed by atoms with Gasteiger partial charge in [-0.2, -0.15) is 0 Å². The molecule has 0 saturated carbocycles. The molecule has 0 N–H and O–H groups in total. The number of benzene rings is 1. The maximum atomic E-state index is 12.1. The van der Waals surface area contributed by atoms with Gasteiger partial charge < -0.3 is 9.47 Å². The summed E-state index contributed by atoms with van der Waals surface area (Å²) in [6.45, 7) is 10.5. The van der Waals surface area contributed by atoms with Gasteiger partial charge in [0.2, 0.25) is 0 Å². The highest BCUT2D eigenvalue weighted by Gasteiger charge is 2.35. The lowest BCUT2D eigenvalue weighted by Crippen LogP contribution is -2.34. The molecule has 0 bridgehead atoms. The van der Waals surface area contributed by atoms with Gasteiger partial charge >= 0.3 is 11.9 Å². The topological polar surface area (TPSA) is 52.6 Å². The van der Waals surface area contributed by atoms with E-state index in [9.17, 15) is 9.59 Å². The molecule has 4 nitrogen and oxygen atoms in total. The molecule has 21 heavy (non-hydrogen) atoms. The van der Waals surface area contributed by atoms with E-state index < -0.39 is 23.1 Å². The Bertz CT molecular complexity index is 513. The van der Waals surface area contributed by atoms with Crippen LogP contribution in [0.2, 0.25) is 0 Å². The van der Waals surface area contributed by atoms with Crippen LogP contribution in [0.15, 0.2) is 43.0 Å². The molecule has 0 saturated heterocycles. The Morgan fingerprint density at radius 1 is 1.10 bits per heavy atom. The fourth-order valence-electron chi connectivity index (χ4n) is 1.90. The van der Waals surface area contributed by atoms with Gasteiger partial charge in [-0.05, 0) is 33.3 Å². The quantitative estimate of drug-likeness (QED) is 0.616. The molecule has 1 unspecified atom stereocenters. The van der Waals surface area contributed by atoms with Crippen molar-refractivity contribution in [2.24, 2.45) is 0 Å². The summed E-state index contributed by atoms with van der Waals surface area (Å²) in [5.41, 5.74) is -0.947. The molecule has 0 aromatic heterocycles. The first-order valence-electron chi connectivity index (χ1n) is 6.79. The minimum atomic E-state index is -1.09. The maximum Gasteiger partial charge on any atom is 0.331 e. The van der Waals surface area contributed by atoms with E-state index >= 15 is 0 Å². The lowest BCUT2D eigenvalue weighted by atomic mass is 9.92. The van der Waals surface area contributed by atoms with Crippen molar-refractivity contribution in [2.45, 2.75) is 45.3 Å². The predicted octanol–water partition coefficient (Wildman–Crippen LogP) is 3.36. The van der Waals surface area contributed by atoms with Gasteiger partial charge in [0.05, 0.1) is 6.42 Å². The van der Waals surface area contributed by atoms with Crippen molar-refractivity contribution >= 4 is 11.9 Å². The SMILES string of the molecule is C=CC(=O)OC(C)(CC(=O)OC(C)(C)C)c1ccccc1. The molecule has 1 rings (SSSR count). The van der Waals surface area contributed by atoms with Crippen LogP contribution in [0.4, 0.5) is 0 Å². The van der Waals surface area contributed by atoms with Crippen molar-refractivity contribution in [3.63, 3.8) is 0 Å². The van der Waals surface area contributed by atoms with Gasteiger partial charge in [0, 0.05) is 6.08 Å². The molecule has 0 spiro atoms. The molecule has 0 aliphatic carbocycles. The zero-order chi connectivity index (χ0) is 16.1. The lowest BCUT2D eigenvalue weighted by molar-refractivity contribution is -0.167. The molecule has 0 heterocycles. The first kappa shape index (κ1) is 17.0. The maximum absolute atomic E-state index is 12.1. The van der Waals surface area contributed by atoms with Crippen LogP contribution in [0.3, 0.4) is 0 Å². The summed E-state index contributed by atoms with van der Waals surface area (Å²) in [5.74, 6) is -1.00. The largest absolute Gasteiger partial charge is 0.460 e. The monoisotopic (exact) mass is 290 g/mol. The van der Waals surface area contributed by atoms with Gasteiger partial charge in [0.15, 0.2) is 0 Å². The summed E-state index contributed by atoms with van der Waals surface area (Å²) in [5, 5.41) is 0. The first-order chi connectivity index (χ1) is 9.66. The summed E-state index contributed by atoms with van der Waals surface area (Å²) in [6.07, 6.45) is 1.02. The normalized spacial score (nSPS) is 13.9. The third-order valence-corrected chi connectivity index (χ3v) is 2.78. The van der Waals surface area contributed by atoms with Crippen LogP contribution in [0.1, 0.15) is 39.7 Å². The molecule has 0 fully saturated rings. The van der Waals surface area contributed by atoms with Gasteiger partial charge in [0.1, 0.15) is 11.2 Å². The fourth-order valence-corrected chi connectivity index (χ4v) is 1.90. The van der Waals surface area contributed by atoms with E-state index in [4.69, 9.17) is 9.47 Å². The minimum absolute atomic E-state index is 0.0616. The molecular formula is C17H22O4. The first-order valence-corrected chi connectivity index (χ1v) is 6.79. The minimum Gasteiger partial charge on any atom is -0.460 e. The summed E-state index contributed by atoms with van der Waals surface area (Å²) >= 11 is 0. The number of hydrogen-bond acceptors (Lipinski definition) is 4. The highest BCUT2D eigenvalue weighted by molar-refractivity contribution is 5.82. The molecular weight excluding hydrogens is 268 g/mol. The molecule has 0 aliphatic rings. The molecule has 0 radical (unpaired) electrons. The van der Waals surface area contributed by atoms with Crippen molar-refractivity contribution < 1.29 is 19.1 Å². The molecule has 4 heteroatoms. The van der Waals surface area contributed by atoms with Crippen LogP contribution in [-0.4, -0.2) is 17.5 Å². The van der Waals surface area contributed by atoms with Crippen LogP contribution in [0, 0.1) is 0 Å². The van der Waals surface area contributed by atoms with Crippen LogP contribution >= 0.6 is 0 Å². The zero-order valence-corrected chi connectivity index (χ0v) is 13.0. The van der Waals surface area contributed by atoms with E-state index in [2.05, 4.69) is 6.58 Å². The van der Waals surface area contributed by atoms with Crippen LogP contribution < -0.4 is 0 Å². The highest BCUT2D eigenvalue weighted by Crippen LogP contribution is 2.30. The second kappa shape index (κ2) is 6.57. The fraction of sp³-hybridized carbons (Fsp3) is 0.412. The molecule has 1 atom stereocenters. The van der Waals surface area contributed by atoms with Gasteiger partial charge in [0.25, 0.3) is 0 Å². The average Bonchev–Trinajstić information content (AvgIpc) is 2.37. The summed E-state index contributed by atoms with van der Waals surface area (Å²) in [6, 6.07) is 9.11. The second-order valence-corrected chi connectivity index (χ2v) is 5.99. The van der Waals surface area contributed by atoms with E-state index in [1.807, 2.05) is 18.2 Å². The number of carbonyl (C=O) groups is 2. The van der Waals surface area contributed by atoms with Gasteiger partial charge in [-0.1, -0.05) is 36.9 Å². The Kier molecular flexibility index (Phi) is 5.30. The molecule has 0 amide bonds. The van der Waals surface area contributed by atoms with Crippen molar-refractivity contribution in [3.8, 4) is 0 Å². The molecule has 1 aromatic rings. The Balaban J connectivity index is 3.00.